The average molecular weight is 291 g/mol. The zero-order valence-corrected chi connectivity index (χ0v) is 12.3. The van der Waals surface area contributed by atoms with Crippen molar-refractivity contribution < 1.29 is 9.47 Å². The summed E-state index contributed by atoms with van der Waals surface area (Å²) in [7, 11) is 1.67. The van der Waals surface area contributed by atoms with Gasteiger partial charge in [0, 0.05) is 5.69 Å². The van der Waals surface area contributed by atoms with E-state index in [0.717, 1.165) is 34.1 Å². The average Bonchev–Trinajstić information content (AvgIpc) is 2.58. The van der Waals surface area contributed by atoms with Crippen LogP contribution in [0.2, 0.25) is 0 Å². The van der Waals surface area contributed by atoms with Gasteiger partial charge in [-0.1, -0.05) is 24.3 Å². The predicted octanol–water partition coefficient (Wildman–Crippen LogP) is 4.74. The molecule has 0 atom stereocenters. The van der Waals surface area contributed by atoms with Gasteiger partial charge in [-0.25, -0.2) is 0 Å². The highest BCUT2D eigenvalue weighted by molar-refractivity contribution is 5.65. The Bertz CT molecular complexity index is 732. The minimum absolute atomic E-state index is 0.724. The minimum Gasteiger partial charge on any atom is -0.497 e. The van der Waals surface area contributed by atoms with Crippen LogP contribution in [0.25, 0.3) is 11.1 Å². The number of ether oxygens (including phenoxy) is 2. The standard InChI is InChI=1S/C19H17NO2/c1-21-17-8-2-14(3-9-17)15-4-10-18(11-5-15)22-19-12-6-16(20)7-13-19/h2-13H,20H2,1H3. The van der Waals surface area contributed by atoms with Crippen LogP contribution < -0.4 is 15.2 Å². The van der Waals surface area contributed by atoms with Crippen molar-refractivity contribution >= 4 is 5.69 Å². The van der Waals surface area contributed by atoms with Crippen LogP contribution in [0.4, 0.5) is 5.69 Å². The molecule has 0 spiro atoms. The minimum atomic E-state index is 0.724. The van der Waals surface area contributed by atoms with E-state index in [1.54, 1.807) is 7.11 Å². The van der Waals surface area contributed by atoms with Gasteiger partial charge in [-0.3, -0.25) is 0 Å². The molecular formula is C19H17NO2. The lowest BCUT2D eigenvalue weighted by Gasteiger charge is -2.08. The van der Waals surface area contributed by atoms with E-state index in [9.17, 15) is 0 Å². The summed E-state index contributed by atoms with van der Waals surface area (Å²) < 4.78 is 11.0. The second-order valence-electron chi connectivity index (χ2n) is 4.92. The largest absolute Gasteiger partial charge is 0.497 e. The fourth-order valence-corrected chi connectivity index (χ4v) is 2.17. The summed E-state index contributed by atoms with van der Waals surface area (Å²) in [6.07, 6.45) is 0. The molecule has 0 saturated carbocycles. The second-order valence-corrected chi connectivity index (χ2v) is 4.92. The number of anilines is 1. The Morgan fingerprint density at radius 2 is 1.00 bits per heavy atom. The molecule has 3 aromatic rings. The molecular weight excluding hydrogens is 274 g/mol. The van der Waals surface area contributed by atoms with Crippen molar-refractivity contribution in [3.05, 3.63) is 72.8 Å². The normalized spacial score (nSPS) is 10.2. The van der Waals surface area contributed by atoms with Gasteiger partial charge in [-0.05, 0) is 59.7 Å². The van der Waals surface area contributed by atoms with Gasteiger partial charge in [0.05, 0.1) is 7.11 Å². The Hall–Kier alpha value is -2.94. The summed E-state index contributed by atoms with van der Waals surface area (Å²) in [4.78, 5) is 0. The van der Waals surface area contributed by atoms with Crippen molar-refractivity contribution in [2.75, 3.05) is 12.8 Å². The highest BCUT2D eigenvalue weighted by atomic mass is 16.5. The van der Waals surface area contributed by atoms with E-state index < -0.39 is 0 Å². The summed E-state index contributed by atoms with van der Waals surface area (Å²) >= 11 is 0. The molecule has 3 nitrogen and oxygen atoms in total. The number of nitrogen functional groups attached to an aromatic ring is 1. The van der Waals surface area contributed by atoms with Crippen LogP contribution in [0.15, 0.2) is 72.8 Å². The van der Waals surface area contributed by atoms with Crippen molar-refractivity contribution in [2.45, 2.75) is 0 Å². The summed E-state index contributed by atoms with van der Waals surface area (Å²) in [5, 5.41) is 0. The van der Waals surface area contributed by atoms with Crippen molar-refractivity contribution in [2.24, 2.45) is 0 Å². The molecule has 0 fully saturated rings. The van der Waals surface area contributed by atoms with Crippen LogP contribution in [0.5, 0.6) is 17.2 Å². The fraction of sp³-hybridized carbons (Fsp3) is 0.0526. The molecule has 0 aromatic heterocycles. The first-order valence-electron chi connectivity index (χ1n) is 7.02. The molecule has 22 heavy (non-hydrogen) atoms. The van der Waals surface area contributed by atoms with Gasteiger partial charge < -0.3 is 15.2 Å². The third-order valence-electron chi connectivity index (χ3n) is 3.39. The lowest BCUT2D eigenvalue weighted by molar-refractivity contribution is 0.415. The smallest absolute Gasteiger partial charge is 0.127 e. The Balaban J connectivity index is 1.75. The van der Waals surface area contributed by atoms with E-state index in [1.807, 2.05) is 72.8 Å². The molecule has 0 saturated heterocycles. The van der Waals surface area contributed by atoms with Crippen LogP contribution in [0, 0.1) is 0 Å². The maximum atomic E-state index is 5.79. The summed E-state index contributed by atoms with van der Waals surface area (Å²) in [5.74, 6) is 2.42. The molecule has 0 bridgehead atoms. The van der Waals surface area contributed by atoms with Crippen LogP contribution in [-0.2, 0) is 0 Å². The quantitative estimate of drug-likeness (QED) is 0.706. The highest BCUT2D eigenvalue weighted by Gasteiger charge is 2.01. The van der Waals surface area contributed by atoms with Gasteiger partial charge >= 0.3 is 0 Å². The van der Waals surface area contributed by atoms with Crippen molar-refractivity contribution in [1.29, 1.82) is 0 Å². The number of rotatable bonds is 4. The summed E-state index contributed by atoms with van der Waals surface area (Å²) in [5.41, 5.74) is 8.66. The molecule has 3 rings (SSSR count). The topological polar surface area (TPSA) is 44.5 Å². The van der Waals surface area contributed by atoms with Gasteiger partial charge in [0.2, 0.25) is 0 Å². The Kier molecular flexibility index (Phi) is 3.97. The van der Waals surface area contributed by atoms with E-state index in [4.69, 9.17) is 15.2 Å². The van der Waals surface area contributed by atoms with E-state index in [2.05, 4.69) is 0 Å². The third kappa shape index (κ3) is 3.20. The highest BCUT2D eigenvalue weighted by Crippen LogP contribution is 2.27. The summed E-state index contributed by atoms with van der Waals surface area (Å²) in [6.45, 7) is 0. The number of hydrogen-bond donors (Lipinski definition) is 1. The molecule has 0 aliphatic carbocycles. The van der Waals surface area contributed by atoms with Crippen molar-refractivity contribution in [3.63, 3.8) is 0 Å². The van der Waals surface area contributed by atoms with Gasteiger partial charge in [-0.15, -0.1) is 0 Å². The van der Waals surface area contributed by atoms with Gasteiger partial charge in [0.25, 0.3) is 0 Å². The second kappa shape index (κ2) is 6.22. The molecule has 3 aromatic carbocycles. The summed E-state index contributed by atoms with van der Waals surface area (Å²) in [6, 6.07) is 23.3. The zero-order chi connectivity index (χ0) is 15.4. The number of nitrogens with two attached hydrogens (primary N) is 1. The van der Waals surface area contributed by atoms with Crippen LogP contribution in [0.1, 0.15) is 0 Å². The molecule has 0 heterocycles. The van der Waals surface area contributed by atoms with Gasteiger partial charge in [0.1, 0.15) is 17.2 Å². The van der Waals surface area contributed by atoms with E-state index in [-0.39, 0.29) is 0 Å². The molecule has 2 N–H and O–H groups in total. The Morgan fingerprint density at radius 1 is 0.591 bits per heavy atom. The fourth-order valence-electron chi connectivity index (χ4n) is 2.17. The van der Waals surface area contributed by atoms with Crippen LogP contribution in [0.3, 0.4) is 0 Å². The predicted molar refractivity (Wildman–Crippen MR) is 89.4 cm³/mol. The monoisotopic (exact) mass is 291 g/mol. The van der Waals surface area contributed by atoms with E-state index >= 15 is 0 Å². The lowest BCUT2D eigenvalue weighted by atomic mass is 10.1. The molecule has 0 unspecified atom stereocenters. The SMILES string of the molecule is COc1ccc(-c2ccc(Oc3ccc(N)cc3)cc2)cc1. The van der Waals surface area contributed by atoms with E-state index in [1.165, 1.54) is 0 Å². The van der Waals surface area contributed by atoms with Crippen LogP contribution in [-0.4, -0.2) is 7.11 Å². The molecule has 0 aliphatic rings. The van der Waals surface area contributed by atoms with Gasteiger partial charge in [0.15, 0.2) is 0 Å². The first-order chi connectivity index (χ1) is 10.7. The molecule has 3 heteroatoms. The Labute approximate surface area is 129 Å². The molecule has 0 aliphatic heterocycles. The third-order valence-corrected chi connectivity index (χ3v) is 3.39. The molecule has 110 valence electrons. The molecule has 0 radical (unpaired) electrons. The van der Waals surface area contributed by atoms with Gasteiger partial charge in [-0.2, -0.15) is 0 Å². The van der Waals surface area contributed by atoms with Crippen LogP contribution >= 0.6 is 0 Å². The first kappa shape index (κ1) is 14.0. The maximum Gasteiger partial charge on any atom is 0.127 e. The molecule has 0 amide bonds. The maximum absolute atomic E-state index is 5.79. The van der Waals surface area contributed by atoms with Crippen molar-refractivity contribution in [1.82, 2.24) is 0 Å². The number of hydrogen-bond acceptors (Lipinski definition) is 3. The van der Waals surface area contributed by atoms with Crippen molar-refractivity contribution in [3.8, 4) is 28.4 Å². The van der Waals surface area contributed by atoms with E-state index in [0.29, 0.717) is 0 Å². The first-order valence-corrected chi connectivity index (χ1v) is 7.02. The zero-order valence-electron chi connectivity index (χ0n) is 12.3. The number of benzene rings is 3. The lowest BCUT2D eigenvalue weighted by Crippen LogP contribution is -1.87. The number of methoxy groups -OCH3 is 1. The Morgan fingerprint density at radius 3 is 1.45 bits per heavy atom.